The number of nitrogens with one attached hydrogen (secondary N) is 1. The van der Waals surface area contributed by atoms with Crippen molar-refractivity contribution in [2.24, 2.45) is 0 Å². The Kier molecular flexibility index (Phi) is 4.79. The molecule has 106 valence electrons. The number of aromatic nitrogens is 1. The van der Waals surface area contributed by atoms with Crippen molar-refractivity contribution < 1.29 is 8.78 Å². The van der Waals surface area contributed by atoms with Crippen LogP contribution in [0.15, 0.2) is 36.4 Å². The van der Waals surface area contributed by atoms with Crippen molar-refractivity contribution in [3.8, 4) is 0 Å². The summed E-state index contributed by atoms with van der Waals surface area (Å²) in [4.78, 5) is 4.50. The van der Waals surface area contributed by atoms with E-state index in [1.54, 1.807) is 6.07 Å². The number of aryl methyl sites for hydroxylation is 1. The van der Waals surface area contributed by atoms with Crippen LogP contribution in [0.25, 0.3) is 0 Å². The monoisotopic (exact) mass is 276 g/mol. The Labute approximate surface area is 117 Å². The van der Waals surface area contributed by atoms with Crippen molar-refractivity contribution in [3.63, 3.8) is 0 Å². The topological polar surface area (TPSA) is 24.9 Å². The minimum absolute atomic E-state index is 0.00948. The molecule has 0 bridgehead atoms. The molecule has 2 aromatic rings. The van der Waals surface area contributed by atoms with Gasteiger partial charge in [0.25, 0.3) is 0 Å². The molecule has 0 radical (unpaired) electrons. The molecule has 20 heavy (non-hydrogen) atoms. The van der Waals surface area contributed by atoms with Crippen molar-refractivity contribution in [3.05, 3.63) is 65.0 Å². The maximum absolute atomic E-state index is 13.3. The molecule has 0 fully saturated rings. The van der Waals surface area contributed by atoms with Gasteiger partial charge in [0.15, 0.2) is 11.6 Å². The summed E-state index contributed by atoms with van der Waals surface area (Å²) >= 11 is 0. The number of pyridine rings is 1. The Morgan fingerprint density at radius 2 is 1.95 bits per heavy atom. The van der Waals surface area contributed by atoms with E-state index in [0.29, 0.717) is 6.42 Å². The highest BCUT2D eigenvalue weighted by molar-refractivity contribution is 5.22. The number of hydrogen-bond acceptors (Lipinski definition) is 2. The van der Waals surface area contributed by atoms with Gasteiger partial charge in [0.05, 0.1) is 11.7 Å². The van der Waals surface area contributed by atoms with E-state index in [1.165, 1.54) is 6.07 Å². The van der Waals surface area contributed by atoms with Crippen LogP contribution in [0.3, 0.4) is 0 Å². The van der Waals surface area contributed by atoms with Gasteiger partial charge in [-0.05, 0) is 49.7 Å². The van der Waals surface area contributed by atoms with Gasteiger partial charge in [0, 0.05) is 5.69 Å². The van der Waals surface area contributed by atoms with Crippen LogP contribution < -0.4 is 5.32 Å². The molecule has 4 heteroatoms. The Bertz CT molecular complexity index is 584. The number of rotatable bonds is 5. The quantitative estimate of drug-likeness (QED) is 0.903. The van der Waals surface area contributed by atoms with Gasteiger partial charge >= 0.3 is 0 Å². The first-order valence-electron chi connectivity index (χ1n) is 6.71. The molecule has 0 amide bonds. The summed E-state index contributed by atoms with van der Waals surface area (Å²) in [7, 11) is 0. The van der Waals surface area contributed by atoms with Gasteiger partial charge in [-0.1, -0.05) is 19.1 Å². The van der Waals surface area contributed by atoms with Gasteiger partial charge in [-0.25, -0.2) is 8.78 Å². The predicted molar refractivity (Wildman–Crippen MR) is 75.5 cm³/mol. The summed E-state index contributed by atoms with van der Waals surface area (Å²) in [6.45, 7) is 4.72. The van der Waals surface area contributed by atoms with Gasteiger partial charge in [-0.15, -0.1) is 0 Å². The van der Waals surface area contributed by atoms with E-state index >= 15 is 0 Å². The zero-order valence-corrected chi connectivity index (χ0v) is 11.7. The Hall–Kier alpha value is -1.81. The van der Waals surface area contributed by atoms with E-state index in [2.05, 4.69) is 10.3 Å². The molecular weight excluding hydrogens is 258 g/mol. The van der Waals surface area contributed by atoms with Gasteiger partial charge in [0.2, 0.25) is 0 Å². The zero-order valence-electron chi connectivity index (χ0n) is 11.7. The fourth-order valence-corrected chi connectivity index (χ4v) is 2.19. The second-order valence-electron chi connectivity index (χ2n) is 4.77. The molecule has 0 aliphatic heterocycles. The first-order valence-corrected chi connectivity index (χ1v) is 6.71. The van der Waals surface area contributed by atoms with E-state index in [1.807, 2.05) is 32.0 Å². The lowest BCUT2D eigenvalue weighted by atomic mass is 10.0. The van der Waals surface area contributed by atoms with Crippen molar-refractivity contribution >= 4 is 0 Å². The third-order valence-corrected chi connectivity index (χ3v) is 3.14. The molecule has 1 aromatic carbocycles. The predicted octanol–water partition coefficient (Wildman–Crippen LogP) is 3.56. The standard InChI is InChI=1S/C16H18F2N2/c1-3-19-16(15-6-4-5-11(2)20-15)10-12-7-8-13(17)14(18)9-12/h4-9,16,19H,3,10H2,1-2H3. The third-order valence-electron chi connectivity index (χ3n) is 3.14. The normalized spacial score (nSPS) is 12.4. The maximum Gasteiger partial charge on any atom is 0.159 e. The highest BCUT2D eigenvalue weighted by Gasteiger charge is 2.14. The average molecular weight is 276 g/mol. The van der Waals surface area contributed by atoms with Crippen LogP contribution in [0.1, 0.15) is 29.9 Å². The lowest BCUT2D eigenvalue weighted by molar-refractivity contribution is 0.501. The first-order chi connectivity index (χ1) is 9.60. The van der Waals surface area contributed by atoms with Gasteiger partial charge in [-0.2, -0.15) is 0 Å². The lowest BCUT2D eigenvalue weighted by Crippen LogP contribution is -2.24. The summed E-state index contributed by atoms with van der Waals surface area (Å²) in [6, 6.07) is 9.84. The van der Waals surface area contributed by atoms with Crippen molar-refractivity contribution in [2.45, 2.75) is 26.3 Å². The highest BCUT2D eigenvalue weighted by Crippen LogP contribution is 2.18. The Balaban J connectivity index is 2.22. The van der Waals surface area contributed by atoms with Crippen LogP contribution in [0.2, 0.25) is 0 Å². The second kappa shape index (κ2) is 6.57. The third kappa shape index (κ3) is 3.61. The van der Waals surface area contributed by atoms with Crippen molar-refractivity contribution in [1.29, 1.82) is 0 Å². The van der Waals surface area contributed by atoms with Crippen LogP contribution in [-0.4, -0.2) is 11.5 Å². The molecule has 0 aliphatic carbocycles. The summed E-state index contributed by atoms with van der Waals surface area (Å²) in [5.74, 6) is -1.63. The van der Waals surface area contributed by atoms with E-state index in [-0.39, 0.29) is 6.04 Å². The number of nitrogens with zero attached hydrogens (tertiary/aromatic N) is 1. The molecule has 1 unspecified atom stereocenters. The smallest absolute Gasteiger partial charge is 0.159 e. The maximum atomic E-state index is 13.3. The second-order valence-corrected chi connectivity index (χ2v) is 4.77. The Morgan fingerprint density at radius 1 is 1.15 bits per heavy atom. The molecule has 1 N–H and O–H groups in total. The average Bonchev–Trinajstić information content (AvgIpc) is 2.42. The van der Waals surface area contributed by atoms with Crippen LogP contribution >= 0.6 is 0 Å². The molecule has 0 aliphatic rings. The first kappa shape index (κ1) is 14.6. The fourth-order valence-electron chi connectivity index (χ4n) is 2.19. The highest BCUT2D eigenvalue weighted by atomic mass is 19.2. The van der Waals surface area contributed by atoms with Gasteiger partial charge in [-0.3, -0.25) is 4.98 Å². The molecule has 0 saturated carbocycles. The molecule has 2 rings (SSSR count). The summed E-state index contributed by atoms with van der Waals surface area (Å²) in [6.07, 6.45) is 0.571. The van der Waals surface area contributed by atoms with Crippen LogP contribution in [-0.2, 0) is 6.42 Å². The molecular formula is C16H18F2N2. The van der Waals surface area contributed by atoms with Gasteiger partial charge < -0.3 is 5.32 Å². The van der Waals surface area contributed by atoms with Crippen LogP contribution in [0.5, 0.6) is 0 Å². The van der Waals surface area contributed by atoms with Crippen molar-refractivity contribution in [1.82, 2.24) is 10.3 Å². The number of likely N-dealkylation sites (N-methyl/N-ethyl adjacent to an activating group) is 1. The number of benzene rings is 1. The molecule has 1 aromatic heterocycles. The van der Waals surface area contributed by atoms with E-state index in [0.717, 1.165) is 29.6 Å². The zero-order chi connectivity index (χ0) is 14.5. The minimum atomic E-state index is -0.817. The van der Waals surface area contributed by atoms with E-state index < -0.39 is 11.6 Å². The van der Waals surface area contributed by atoms with Gasteiger partial charge in [0.1, 0.15) is 0 Å². The summed E-state index contributed by atoms with van der Waals surface area (Å²) in [5, 5.41) is 3.33. The van der Waals surface area contributed by atoms with E-state index in [9.17, 15) is 8.78 Å². The number of halogens is 2. The fraction of sp³-hybridized carbons (Fsp3) is 0.312. The molecule has 1 heterocycles. The Morgan fingerprint density at radius 3 is 2.60 bits per heavy atom. The molecule has 0 spiro atoms. The summed E-state index contributed by atoms with van der Waals surface area (Å²) < 4.78 is 26.2. The SMILES string of the molecule is CCNC(Cc1ccc(F)c(F)c1)c1cccc(C)n1. The van der Waals surface area contributed by atoms with Crippen LogP contribution in [0, 0.1) is 18.6 Å². The minimum Gasteiger partial charge on any atom is -0.309 e. The molecule has 1 atom stereocenters. The lowest BCUT2D eigenvalue weighted by Gasteiger charge is -2.18. The molecule has 0 saturated heterocycles. The summed E-state index contributed by atoms with van der Waals surface area (Å²) in [5.41, 5.74) is 2.60. The molecule has 2 nitrogen and oxygen atoms in total. The largest absolute Gasteiger partial charge is 0.309 e. The number of hydrogen-bond donors (Lipinski definition) is 1. The van der Waals surface area contributed by atoms with E-state index in [4.69, 9.17) is 0 Å². The van der Waals surface area contributed by atoms with Crippen molar-refractivity contribution in [2.75, 3.05) is 6.54 Å². The van der Waals surface area contributed by atoms with Crippen LogP contribution in [0.4, 0.5) is 8.78 Å².